The topological polar surface area (TPSA) is 38.0 Å². The predicted octanol–water partition coefficient (Wildman–Crippen LogP) is 2.22. The summed E-state index contributed by atoms with van der Waals surface area (Å²) in [5.74, 6) is 0.729. The Hall–Kier alpha value is -0.860. The van der Waals surface area contributed by atoms with Crippen LogP contribution in [0.5, 0.6) is 0 Å². The lowest BCUT2D eigenvalue weighted by molar-refractivity contribution is 0.130. The van der Waals surface area contributed by atoms with Crippen LogP contribution in [0.3, 0.4) is 0 Å². The average Bonchev–Trinajstić information content (AvgIpc) is 2.38. The number of piperidine rings is 1. The molecule has 18 heavy (non-hydrogen) atoms. The van der Waals surface area contributed by atoms with E-state index >= 15 is 0 Å². The van der Waals surface area contributed by atoms with E-state index in [4.69, 9.17) is 5.73 Å². The summed E-state index contributed by atoms with van der Waals surface area (Å²) in [4.78, 5) is 0. The van der Waals surface area contributed by atoms with Gasteiger partial charge in [-0.3, -0.25) is 0 Å². The molecule has 98 valence electrons. The monoisotopic (exact) mass is 244 g/mol. The van der Waals surface area contributed by atoms with Crippen molar-refractivity contribution in [3.63, 3.8) is 0 Å². The van der Waals surface area contributed by atoms with Crippen molar-refractivity contribution in [2.75, 3.05) is 13.1 Å². The predicted molar refractivity (Wildman–Crippen MR) is 75.7 cm³/mol. The fraction of sp³-hybridized carbons (Fsp3) is 0.625. The summed E-state index contributed by atoms with van der Waals surface area (Å²) in [6.07, 6.45) is 4.86. The van der Waals surface area contributed by atoms with Gasteiger partial charge in [-0.05, 0) is 55.8 Å². The summed E-state index contributed by atoms with van der Waals surface area (Å²) >= 11 is 0. The first-order valence-electron chi connectivity index (χ1n) is 7.30. The van der Waals surface area contributed by atoms with Crippen LogP contribution in [0.2, 0.25) is 0 Å². The van der Waals surface area contributed by atoms with Crippen LogP contribution in [-0.4, -0.2) is 19.1 Å². The van der Waals surface area contributed by atoms with E-state index in [9.17, 15) is 0 Å². The maximum absolute atomic E-state index is 5.76. The Balaban J connectivity index is 2.06. The highest BCUT2D eigenvalue weighted by Gasteiger charge is 2.47. The molecule has 0 aromatic heterocycles. The lowest BCUT2D eigenvalue weighted by atomic mass is 9.57. The zero-order chi connectivity index (χ0) is 12.6. The third-order valence-electron chi connectivity index (χ3n) is 5.27. The van der Waals surface area contributed by atoms with Gasteiger partial charge < -0.3 is 11.1 Å². The van der Waals surface area contributed by atoms with E-state index in [0.29, 0.717) is 11.5 Å². The fourth-order valence-corrected chi connectivity index (χ4v) is 4.22. The normalized spacial score (nSPS) is 34.1. The van der Waals surface area contributed by atoms with E-state index in [-0.39, 0.29) is 0 Å². The minimum Gasteiger partial charge on any atom is -0.330 e. The van der Waals surface area contributed by atoms with Crippen LogP contribution in [0, 0.1) is 5.92 Å². The summed E-state index contributed by atoms with van der Waals surface area (Å²) in [5.41, 5.74) is 9.32. The van der Waals surface area contributed by atoms with Gasteiger partial charge in [-0.15, -0.1) is 0 Å². The second kappa shape index (κ2) is 4.67. The molecule has 2 nitrogen and oxygen atoms in total. The van der Waals surface area contributed by atoms with Crippen LogP contribution in [-0.2, 0) is 11.8 Å². The van der Waals surface area contributed by atoms with Gasteiger partial charge in [-0.1, -0.05) is 31.2 Å². The third kappa shape index (κ3) is 1.70. The van der Waals surface area contributed by atoms with Crippen molar-refractivity contribution >= 4 is 0 Å². The Bertz CT molecular complexity index is 429. The smallest absolute Gasteiger partial charge is 0.0142 e. The molecule has 0 saturated carbocycles. The summed E-state index contributed by atoms with van der Waals surface area (Å²) < 4.78 is 0. The molecule has 0 spiro atoms. The quantitative estimate of drug-likeness (QED) is 0.855. The van der Waals surface area contributed by atoms with Crippen LogP contribution in [0.1, 0.15) is 37.3 Å². The molecule has 1 aliphatic carbocycles. The molecule has 1 aromatic rings. The second-order valence-electron chi connectivity index (χ2n) is 6.01. The van der Waals surface area contributed by atoms with Gasteiger partial charge in [0.15, 0.2) is 0 Å². The number of rotatable bonds is 3. The number of nitrogens with one attached hydrogen (secondary N) is 1. The third-order valence-corrected chi connectivity index (χ3v) is 5.27. The van der Waals surface area contributed by atoms with Gasteiger partial charge in [-0.2, -0.15) is 0 Å². The molecule has 2 bridgehead atoms. The molecular formula is C16H24N2. The highest BCUT2D eigenvalue weighted by Crippen LogP contribution is 2.48. The van der Waals surface area contributed by atoms with Gasteiger partial charge in [0, 0.05) is 11.5 Å². The molecule has 3 rings (SSSR count). The van der Waals surface area contributed by atoms with Gasteiger partial charge in [0.1, 0.15) is 0 Å². The van der Waals surface area contributed by atoms with Crippen molar-refractivity contribution in [1.29, 1.82) is 0 Å². The van der Waals surface area contributed by atoms with Crippen molar-refractivity contribution in [3.8, 4) is 0 Å². The number of benzene rings is 1. The van der Waals surface area contributed by atoms with Crippen LogP contribution in [0.15, 0.2) is 24.3 Å². The van der Waals surface area contributed by atoms with E-state index in [2.05, 4.69) is 36.5 Å². The number of hydrogen-bond acceptors (Lipinski definition) is 2. The van der Waals surface area contributed by atoms with E-state index in [0.717, 1.165) is 25.4 Å². The molecule has 3 N–H and O–H groups in total. The largest absolute Gasteiger partial charge is 0.330 e. The van der Waals surface area contributed by atoms with Crippen molar-refractivity contribution in [2.45, 2.75) is 44.1 Å². The average molecular weight is 244 g/mol. The van der Waals surface area contributed by atoms with Gasteiger partial charge in [0.05, 0.1) is 0 Å². The van der Waals surface area contributed by atoms with E-state index in [1.807, 2.05) is 0 Å². The molecule has 1 heterocycles. The van der Waals surface area contributed by atoms with Crippen molar-refractivity contribution in [1.82, 2.24) is 5.32 Å². The second-order valence-corrected chi connectivity index (χ2v) is 6.01. The molecule has 0 amide bonds. The first-order chi connectivity index (χ1) is 8.78. The highest BCUT2D eigenvalue weighted by atomic mass is 15.0. The zero-order valence-electron chi connectivity index (χ0n) is 11.3. The molecule has 3 atom stereocenters. The Morgan fingerprint density at radius 2 is 2.22 bits per heavy atom. The Morgan fingerprint density at radius 3 is 3.06 bits per heavy atom. The SMILES string of the molecule is CC1[C@@H]2Cc3ccccc3[C@@]1(CCCN)CCN2. The molecule has 2 aliphatic rings. The molecule has 2 heteroatoms. The van der Waals surface area contributed by atoms with Crippen molar-refractivity contribution < 1.29 is 0 Å². The molecule has 0 radical (unpaired) electrons. The standard InChI is InChI=1S/C16H24N2/c1-12-15-11-13-5-2-3-6-14(13)16(12,7-4-9-17)8-10-18-15/h2-3,5-6,12,15,18H,4,7-11,17H2,1H3/t12?,15-,16-/m0/s1. The number of hydrogen-bond donors (Lipinski definition) is 2. The highest BCUT2D eigenvalue weighted by molar-refractivity contribution is 5.40. The molecule has 1 aliphatic heterocycles. The van der Waals surface area contributed by atoms with Crippen LogP contribution in [0.4, 0.5) is 0 Å². The lowest BCUT2D eigenvalue weighted by Crippen LogP contribution is -2.57. The van der Waals surface area contributed by atoms with Crippen molar-refractivity contribution in [3.05, 3.63) is 35.4 Å². The Kier molecular flexibility index (Phi) is 3.16. The molecular weight excluding hydrogens is 220 g/mol. The summed E-state index contributed by atoms with van der Waals surface area (Å²) in [7, 11) is 0. The van der Waals surface area contributed by atoms with Crippen LogP contribution in [0.25, 0.3) is 0 Å². The van der Waals surface area contributed by atoms with Gasteiger partial charge in [0.25, 0.3) is 0 Å². The number of fused-ring (bicyclic) bond motifs is 4. The van der Waals surface area contributed by atoms with E-state index < -0.39 is 0 Å². The molecule has 1 saturated heterocycles. The Labute approximate surface area is 110 Å². The van der Waals surface area contributed by atoms with Gasteiger partial charge >= 0.3 is 0 Å². The molecule has 1 unspecified atom stereocenters. The van der Waals surface area contributed by atoms with Gasteiger partial charge in [-0.25, -0.2) is 0 Å². The first kappa shape index (κ1) is 12.2. The summed E-state index contributed by atoms with van der Waals surface area (Å²) in [5, 5.41) is 3.71. The summed E-state index contributed by atoms with van der Waals surface area (Å²) in [6.45, 7) is 4.41. The lowest BCUT2D eigenvalue weighted by Gasteiger charge is -2.52. The van der Waals surface area contributed by atoms with E-state index in [1.54, 1.807) is 11.1 Å². The van der Waals surface area contributed by atoms with Crippen LogP contribution >= 0.6 is 0 Å². The van der Waals surface area contributed by atoms with Crippen LogP contribution < -0.4 is 11.1 Å². The Morgan fingerprint density at radius 1 is 1.39 bits per heavy atom. The summed E-state index contributed by atoms with van der Waals surface area (Å²) in [6, 6.07) is 9.73. The number of nitrogens with two attached hydrogens (primary N) is 1. The minimum atomic E-state index is 0.379. The first-order valence-corrected chi connectivity index (χ1v) is 7.30. The van der Waals surface area contributed by atoms with E-state index in [1.165, 1.54) is 19.3 Å². The molecule has 1 fully saturated rings. The zero-order valence-corrected chi connectivity index (χ0v) is 11.3. The van der Waals surface area contributed by atoms with Gasteiger partial charge in [0.2, 0.25) is 0 Å². The maximum atomic E-state index is 5.76. The fourth-order valence-electron chi connectivity index (χ4n) is 4.22. The maximum Gasteiger partial charge on any atom is 0.0142 e. The minimum absolute atomic E-state index is 0.379. The van der Waals surface area contributed by atoms with Crippen molar-refractivity contribution in [2.24, 2.45) is 11.7 Å². The molecule has 1 aromatic carbocycles.